The minimum absolute atomic E-state index is 0.0998. The summed E-state index contributed by atoms with van der Waals surface area (Å²) in [7, 11) is 0. The first kappa shape index (κ1) is 9.08. The van der Waals surface area contributed by atoms with Crippen molar-refractivity contribution >= 4 is 18.0 Å². The van der Waals surface area contributed by atoms with Crippen molar-refractivity contribution in [2.45, 2.75) is 12.5 Å². The molecule has 16 heavy (non-hydrogen) atoms. The van der Waals surface area contributed by atoms with Crippen LogP contribution in [0.3, 0.4) is 0 Å². The van der Waals surface area contributed by atoms with Crippen LogP contribution < -0.4 is 5.43 Å². The van der Waals surface area contributed by atoms with Crippen molar-refractivity contribution in [2.24, 2.45) is 10.2 Å². The highest BCUT2D eigenvalue weighted by Gasteiger charge is 2.34. The Morgan fingerprint density at radius 1 is 1.31 bits per heavy atom. The minimum Gasteiger partial charge on any atom is -0.271 e. The molecule has 0 unspecified atom stereocenters. The van der Waals surface area contributed by atoms with E-state index in [1.807, 2.05) is 30.3 Å². The van der Waals surface area contributed by atoms with Gasteiger partial charge in [0, 0.05) is 6.42 Å². The van der Waals surface area contributed by atoms with Gasteiger partial charge in [0.2, 0.25) is 0 Å². The van der Waals surface area contributed by atoms with Gasteiger partial charge < -0.3 is 0 Å². The zero-order valence-corrected chi connectivity index (χ0v) is 8.50. The summed E-state index contributed by atoms with van der Waals surface area (Å²) in [6.07, 6.45) is 2.17. The molecule has 1 atom stereocenters. The molecule has 2 heterocycles. The van der Waals surface area contributed by atoms with E-state index in [0.29, 0.717) is 6.42 Å². The second-order valence-corrected chi connectivity index (χ2v) is 3.73. The highest BCUT2D eigenvalue weighted by Crippen LogP contribution is 2.20. The van der Waals surface area contributed by atoms with Gasteiger partial charge in [0.15, 0.2) is 0 Å². The maximum Gasteiger partial charge on any atom is 0.265 e. The van der Waals surface area contributed by atoms with E-state index >= 15 is 0 Å². The van der Waals surface area contributed by atoms with Crippen LogP contribution in [-0.2, 0) is 4.79 Å². The average molecular weight is 214 g/mol. The summed E-state index contributed by atoms with van der Waals surface area (Å²) in [4.78, 5) is 11.5. The summed E-state index contributed by atoms with van der Waals surface area (Å²) in [5.74, 6) is -0.0998. The van der Waals surface area contributed by atoms with E-state index in [0.717, 1.165) is 11.3 Å². The molecule has 1 aromatic rings. The lowest BCUT2D eigenvalue weighted by molar-refractivity contribution is -0.125. The molecule has 0 saturated heterocycles. The van der Waals surface area contributed by atoms with Crippen LogP contribution >= 0.6 is 0 Å². The third-order valence-electron chi connectivity index (χ3n) is 2.70. The van der Waals surface area contributed by atoms with Gasteiger partial charge >= 0.3 is 0 Å². The van der Waals surface area contributed by atoms with E-state index in [1.54, 1.807) is 11.3 Å². The Hall–Kier alpha value is -2.17. The van der Waals surface area contributed by atoms with Crippen LogP contribution in [0.4, 0.5) is 0 Å². The van der Waals surface area contributed by atoms with Crippen LogP contribution in [0.2, 0.25) is 0 Å². The summed E-state index contributed by atoms with van der Waals surface area (Å²) in [6, 6.07) is 9.62. The van der Waals surface area contributed by atoms with Gasteiger partial charge in [0.05, 0.1) is 5.71 Å². The number of fused-ring (bicyclic) bond motifs is 1. The van der Waals surface area contributed by atoms with Crippen molar-refractivity contribution < 1.29 is 4.79 Å². The molecule has 80 valence electrons. The van der Waals surface area contributed by atoms with Crippen molar-refractivity contribution in [1.29, 1.82) is 0 Å². The molecule has 3 rings (SSSR count). The summed E-state index contributed by atoms with van der Waals surface area (Å²) < 4.78 is 0. The quantitative estimate of drug-likeness (QED) is 0.741. The van der Waals surface area contributed by atoms with E-state index in [4.69, 9.17) is 0 Å². The fourth-order valence-corrected chi connectivity index (χ4v) is 1.88. The van der Waals surface area contributed by atoms with Gasteiger partial charge in [0.25, 0.3) is 5.91 Å². The maximum atomic E-state index is 11.5. The molecule has 1 aromatic carbocycles. The standard InChI is InChI=1S/C11H10N4O/c16-11-10-6-9(8-4-2-1-3-5-8)14-15(10)7-12-13-11/h1-5,7,10H,6H2,(H,13,16)/t10-/m0/s1. The van der Waals surface area contributed by atoms with Crippen LogP contribution in [0.15, 0.2) is 40.5 Å². The molecule has 2 aliphatic rings. The fraction of sp³-hybridized carbons (Fsp3) is 0.182. The Bertz CT molecular complexity index is 480. The number of carbonyl (C=O) groups excluding carboxylic acids is 1. The van der Waals surface area contributed by atoms with E-state index in [9.17, 15) is 4.79 Å². The molecular formula is C11H10N4O. The maximum absolute atomic E-state index is 11.5. The minimum atomic E-state index is -0.243. The number of nitrogens with one attached hydrogen (secondary N) is 1. The molecule has 0 bridgehead atoms. The van der Waals surface area contributed by atoms with Gasteiger partial charge in [-0.1, -0.05) is 30.3 Å². The monoisotopic (exact) mass is 214 g/mol. The number of amides is 1. The van der Waals surface area contributed by atoms with Crippen molar-refractivity contribution in [3.63, 3.8) is 0 Å². The van der Waals surface area contributed by atoms with Crippen LogP contribution in [0.1, 0.15) is 12.0 Å². The zero-order valence-electron chi connectivity index (χ0n) is 8.50. The van der Waals surface area contributed by atoms with E-state index in [-0.39, 0.29) is 11.9 Å². The number of carbonyl (C=O) groups is 1. The van der Waals surface area contributed by atoms with Crippen LogP contribution in [0, 0.1) is 0 Å². The van der Waals surface area contributed by atoms with Crippen LogP contribution in [-0.4, -0.2) is 29.0 Å². The van der Waals surface area contributed by atoms with Gasteiger partial charge in [0.1, 0.15) is 12.4 Å². The van der Waals surface area contributed by atoms with E-state index in [2.05, 4.69) is 15.6 Å². The summed E-state index contributed by atoms with van der Waals surface area (Å²) in [5.41, 5.74) is 4.42. The van der Waals surface area contributed by atoms with Gasteiger partial charge in [-0.15, -0.1) is 0 Å². The predicted molar refractivity (Wildman–Crippen MR) is 59.9 cm³/mol. The van der Waals surface area contributed by atoms with Gasteiger partial charge in [-0.25, -0.2) is 10.4 Å². The normalized spacial score (nSPS) is 22.8. The Morgan fingerprint density at radius 3 is 2.88 bits per heavy atom. The topological polar surface area (TPSA) is 57.1 Å². The molecule has 0 radical (unpaired) electrons. The number of benzene rings is 1. The third-order valence-corrected chi connectivity index (χ3v) is 2.70. The zero-order chi connectivity index (χ0) is 11.0. The lowest BCUT2D eigenvalue weighted by Gasteiger charge is -2.20. The molecule has 0 saturated carbocycles. The highest BCUT2D eigenvalue weighted by atomic mass is 16.2. The van der Waals surface area contributed by atoms with E-state index in [1.165, 1.54) is 0 Å². The molecule has 2 aliphatic heterocycles. The lowest BCUT2D eigenvalue weighted by atomic mass is 10.0. The first-order valence-corrected chi connectivity index (χ1v) is 5.09. The fourth-order valence-electron chi connectivity index (χ4n) is 1.88. The molecule has 5 heteroatoms. The molecular weight excluding hydrogens is 204 g/mol. The van der Waals surface area contributed by atoms with E-state index < -0.39 is 0 Å². The Balaban J connectivity index is 1.92. The SMILES string of the molecule is O=C1NN=CN2N=C(c3ccccc3)C[C@@H]12. The van der Waals surface area contributed by atoms with Crippen molar-refractivity contribution in [3.05, 3.63) is 35.9 Å². The van der Waals surface area contributed by atoms with Crippen molar-refractivity contribution in [3.8, 4) is 0 Å². The second-order valence-electron chi connectivity index (χ2n) is 3.73. The largest absolute Gasteiger partial charge is 0.271 e. The molecule has 1 amide bonds. The number of rotatable bonds is 1. The van der Waals surface area contributed by atoms with Gasteiger partial charge in [-0.05, 0) is 5.56 Å². The lowest BCUT2D eigenvalue weighted by Crippen LogP contribution is -2.44. The van der Waals surface area contributed by atoms with Gasteiger partial charge in [-0.2, -0.15) is 10.2 Å². The summed E-state index contributed by atoms with van der Waals surface area (Å²) >= 11 is 0. The van der Waals surface area contributed by atoms with Crippen molar-refractivity contribution in [1.82, 2.24) is 10.4 Å². The Morgan fingerprint density at radius 2 is 2.12 bits per heavy atom. The summed E-state index contributed by atoms with van der Waals surface area (Å²) in [6.45, 7) is 0. The highest BCUT2D eigenvalue weighted by molar-refractivity contribution is 6.06. The Labute approximate surface area is 92.4 Å². The van der Waals surface area contributed by atoms with Crippen LogP contribution in [0.5, 0.6) is 0 Å². The molecule has 0 fully saturated rings. The van der Waals surface area contributed by atoms with Crippen molar-refractivity contribution in [2.75, 3.05) is 0 Å². The molecule has 0 aliphatic carbocycles. The predicted octanol–water partition coefficient (Wildman–Crippen LogP) is 0.538. The molecule has 5 nitrogen and oxygen atoms in total. The molecule has 1 N–H and O–H groups in total. The first-order chi connectivity index (χ1) is 7.84. The number of hydrogen-bond acceptors (Lipinski definition) is 4. The molecule has 0 aromatic heterocycles. The van der Waals surface area contributed by atoms with Gasteiger partial charge in [-0.3, -0.25) is 4.79 Å². The van der Waals surface area contributed by atoms with Crippen LogP contribution in [0.25, 0.3) is 0 Å². The second kappa shape index (κ2) is 3.44. The first-order valence-electron chi connectivity index (χ1n) is 5.09. The number of nitrogens with zero attached hydrogens (tertiary/aromatic N) is 3. The third kappa shape index (κ3) is 1.37. The Kier molecular flexibility index (Phi) is 1.96. The average Bonchev–Trinajstić information content (AvgIpc) is 2.76. The molecule has 0 spiro atoms. The summed E-state index contributed by atoms with van der Waals surface area (Å²) in [5, 5.41) is 9.71. The number of hydrazone groups is 2. The smallest absolute Gasteiger partial charge is 0.265 e. The number of hydrogen-bond donors (Lipinski definition) is 1.